The fourth-order valence-electron chi connectivity index (χ4n) is 1.49. The first-order chi connectivity index (χ1) is 9.47. The van der Waals surface area contributed by atoms with Crippen LogP contribution in [0.15, 0.2) is 29.0 Å². The molecule has 20 heavy (non-hydrogen) atoms. The lowest BCUT2D eigenvalue weighted by atomic mass is 10.2. The summed E-state index contributed by atoms with van der Waals surface area (Å²) in [6.07, 6.45) is 3.05. The van der Waals surface area contributed by atoms with Crippen LogP contribution in [0.5, 0.6) is 0 Å². The third-order valence-electron chi connectivity index (χ3n) is 2.54. The van der Waals surface area contributed by atoms with E-state index in [1.54, 1.807) is 18.3 Å². The fourth-order valence-corrected chi connectivity index (χ4v) is 1.72. The molecule has 0 unspecified atom stereocenters. The second kappa shape index (κ2) is 5.96. The van der Waals surface area contributed by atoms with Crippen molar-refractivity contribution < 1.29 is 4.79 Å². The van der Waals surface area contributed by atoms with Crippen LogP contribution in [0.2, 0.25) is 0 Å². The number of amides is 1. The Balaban J connectivity index is 2.24. The number of carbonyl (C=O) groups excluding carboxylic acids is 1. The molecule has 2 rings (SSSR count). The third kappa shape index (κ3) is 3.30. The molecule has 0 aromatic carbocycles. The zero-order valence-electron chi connectivity index (χ0n) is 11.1. The maximum absolute atomic E-state index is 12.2. The van der Waals surface area contributed by atoms with Crippen LogP contribution < -0.4 is 11.1 Å². The molecule has 0 atom stereocenters. The first-order valence-corrected chi connectivity index (χ1v) is 6.82. The molecule has 0 aliphatic rings. The lowest BCUT2D eigenvalue weighted by Crippen LogP contribution is -2.18. The number of pyridine rings is 1. The molecular formula is C13H14BrN5O. The molecule has 0 fully saturated rings. The normalized spacial score (nSPS) is 10.6. The molecule has 7 heteroatoms. The smallest absolute Gasteiger partial charge is 0.277 e. The maximum Gasteiger partial charge on any atom is 0.277 e. The molecule has 0 radical (unpaired) electrons. The molecule has 2 aromatic rings. The van der Waals surface area contributed by atoms with Gasteiger partial charge >= 0.3 is 0 Å². The summed E-state index contributed by atoms with van der Waals surface area (Å²) in [7, 11) is 0. The van der Waals surface area contributed by atoms with Crippen LogP contribution >= 0.6 is 15.9 Å². The highest BCUT2D eigenvalue weighted by atomic mass is 79.9. The number of nitrogen functional groups attached to an aromatic ring is 1. The van der Waals surface area contributed by atoms with E-state index in [0.717, 1.165) is 4.47 Å². The molecule has 2 heterocycles. The molecule has 6 nitrogen and oxygen atoms in total. The van der Waals surface area contributed by atoms with E-state index in [4.69, 9.17) is 5.73 Å². The van der Waals surface area contributed by atoms with Crippen LogP contribution in [-0.2, 0) is 0 Å². The zero-order chi connectivity index (χ0) is 14.7. The van der Waals surface area contributed by atoms with Gasteiger partial charge in [-0.2, -0.15) is 0 Å². The summed E-state index contributed by atoms with van der Waals surface area (Å²) in [6, 6.07) is 3.47. The number of nitrogens with one attached hydrogen (secondary N) is 1. The number of rotatable bonds is 3. The predicted molar refractivity (Wildman–Crippen MR) is 80.4 cm³/mol. The van der Waals surface area contributed by atoms with E-state index in [1.165, 1.54) is 6.20 Å². The van der Waals surface area contributed by atoms with Gasteiger partial charge < -0.3 is 11.1 Å². The van der Waals surface area contributed by atoms with Crippen molar-refractivity contribution in [3.05, 3.63) is 40.5 Å². The van der Waals surface area contributed by atoms with Crippen LogP contribution in [0, 0.1) is 0 Å². The quantitative estimate of drug-likeness (QED) is 0.898. The average molecular weight is 336 g/mol. The van der Waals surface area contributed by atoms with E-state index in [-0.39, 0.29) is 17.3 Å². The van der Waals surface area contributed by atoms with Crippen molar-refractivity contribution in [3.63, 3.8) is 0 Å². The summed E-state index contributed by atoms with van der Waals surface area (Å²) in [5.41, 5.74) is 6.15. The molecule has 0 aliphatic heterocycles. The number of nitrogens with two attached hydrogens (primary N) is 1. The molecular weight excluding hydrogens is 322 g/mol. The van der Waals surface area contributed by atoms with Crippen LogP contribution in [0.25, 0.3) is 0 Å². The van der Waals surface area contributed by atoms with E-state index in [9.17, 15) is 4.79 Å². The summed E-state index contributed by atoms with van der Waals surface area (Å²) >= 11 is 3.28. The van der Waals surface area contributed by atoms with E-state index >= 15 is 0 Å². The lowest BCUT2D eigenvalue weighted by Gasteiger charge is -2.09. The van der Waals surface area contributed by atoms with E-state index in [2.05, 4.69) is 36.2 Å². The monoisotopic (exact) mass is 335 g/mol. The second-order valence-electron chi connectivity index (χ2n) is 4.50. The number of nitrogens with zero attached hydrogens (tertiary/aromatic N) is 3. The molecule has 3 N–H and O–H groups in total. The Morgan fingerprint density at radius 3 is 2.65 bits per heavy atom. The highest BCUT2D eigenvalue weighted by Gasteiger charge is 2.15. The fraction of sp³-hybridized carbons (Fsp3) is 0.231. The largest absolute Gasteiger partial charge is 0.396 e. The summed E-state index contributed by atoms with van der Waals surface area (Å²) in [5.74, 6) is 0.727. The Kier molecular flexibility index (Phi) is 4.29. The first-order valence-electron chi connectivity index (χ1n) is 6.02. The van der Waals surface area contributed by atoms with Crippen LogP contribution in [0.1, 0.15) is 36.1 Å². The summed E-state index contributed by atoms with van der Waals surface area (Å²) < 4.78 is 0.833. The summed E-state index contributed by atoms with van der Waals surface area (Å²) in [6.45, 7) is 3.90. The molecule has 0 spiro atoms. The van der Waals surface area contributed by atoms with Gasteiger partial charge in [-0.25, -0.2) is 15.0 Å². The van der Waals surface area contributed by atoms with Crippen molar-refractivity contribution in [2.24, 2.45) is 0 Å². The SMILES string of the molecule is CC(C)c1ncc(N)c(C(=O)Nc2ccc(Br)cn2)n1. The molecule has 0 bridgehead atoms. The Morgan fingerprint density at radius 1 is 1.30 bits per heavy atom. The molecule has 0 saturated heterocycles. The average Bonchev–Trinajstić information content (AvgIpc) is 2.41. The minimum Gasteiger partial charge on any atom is -0.396 e. The van der Waals surface area contributed by atoms with Gasteiger partial charge in [-0.05, 0) is 28.1 Å². The number of carbonyl (C=O) groups is 1. The second-order valence-corrected chi connectivity index (χ2v) is 5.42. The predicted octanol–water partition coefficient (Wildman–Crippen LogP) is 2.59. The maximum atomic E-state index is 12.2. The molecule has 0 saturated carbocycles. The van der Waals surface area contributed by atoms with Crippen molar-refractivity contribution in [1.29, 1.82) is 0 Å². The van der Waals surface area contributed by atoms with E-state index in [0.29, 0.717) is 11.6 Å². The highest BCUT2D eigenvalue weighted by Crippen LogP contribution is 2.16. The molecule has 2 aromatic heterocycles. The first kappa shape index (κ1) is 14.4. The highest BCUT2D eigenvalue weighted by molar-refractivity contribution is 9.10. The molecule has 1 amide bonds. The van der Waals surface area contributed by atoms with Gasteiger partial charge in [0.2, 0.25) is 0 Å². The van der Waals surface area contributed by atoms with Gasteiger partial charge in [-0.3, -0.25) is 4.79 Å². The number of halogens is 1. The van der Waals surface area contributed by atoms with Crippen LogP contribution in [-0.4, -0.2) is 20.9 Å². The Hall–Kier alpha value is -2.02. The lowest BCUT2D eigenvalue weighted by molar-refractivity contribution is 0.102. The Bertz CT molecular complexity index is 627. The topological polar surface area (TPSA) is 93.8 Å². The van der Waals surface area contributed by atoms with Gasteiger partial charge in [0.05, 0.1) is 11.9 Å². The summed E-state index contributed by atoms with van der Waals surface area (Å²) in [5, 5.41) is 2.65. The van der Waals surface area contributed by atoms with E-state index in [1.807, 2.05) is 13.8 Å². The molecule has 104 valence electrons. The van der Waals surface area contributed by atoms with Crippen molar-refractivity contribution in [2.75, 3.05) is 11.1 Å². The Morgan fingerprint density at radius 2 is 2.05 bits per heavy atom. The van der Waals surface area contributed by atoms with Crippen LogP contribution in [0.3, 0.4) is 0 Å². The molecule has 0 aliphatic carbocycles. The minimum atomic E-state index is -0.401. The van der Waals surface area contributed by atoms with Crippen molar-refractivity contribution in [1.82, 2.24) is 15.0 Å². The van der Waals surface area contributed by atoms with Gasteiger partial charge in [-0.1, -0.05) is 13.8 Å². The van der Waals surface area contributed by atoms with Gasteiger partial charge in [0.25, 0.3) is 5.91 Å². The van der Waals surface area contributed by atoms with Crippen molar-refractivity contribution >= 4 is 33.3 Å². The standard InChI is InChI=1S/C13H14BrN5O/c1-7(2)12-17-6-9(15)11(19-12)13(20)18-10-4-3-8(14)5-16-10/h3-7H,15H2,1-2H3,(H,16,18,20). The zero-order valence-corrected chi connectivity index (χ0v) is 12.7. The summed E-state index contributed by atoms with van der Waals surface area (Å²) in [4.78, 5) is 24.5. The third-order valence-corrected chi connectivity index (χ3v) is 3.01. The number of hydrogen-bond acceptors (Lipinski definition) is 5. The number of aromatic nitrogens is 3. The van der Waals surface area contributed by atoms with Crippen molar-refractivity contribution in [3.8, 4) is 0 Å². The van der Waals surface area contributed by atoms with Gasteiger partial charge in [-0.15, -0.1) is 0 Å². The van der Waals surface area contributed by atoms with Gasteiger partial charge in [0.15, 0.2) is 5.69 Å². The number of hydrogen-bond donors (Lipinski definition) is 2. The Labute approximate surface area is 125 Å². The van der Waals surface area contributed by atoms with E-state index < -0.39 is 5.91 Å². The minimum absolute atomic E-state index is 0.118. The number of anilines is 2. The van der Waals surface area contributed by atoms with Crippen molar-refractivity contribution in [2.45, 2.75) is 19.8 Å². The van der Waals surface area contributed by atoms with Crippen LogP contribution in [0.4, 0.5) is 11.5 Å². The van der Waals surface area contributed by atoms with Gasteiger partial charge in [0.1, 0.15) is 11.6 Å². The van der Waals surface area contributed by atoms with Gasteiger partial charge in [0, 0.05) is 16.6 Å².